The SMILES string of the molecule is CCCNCC(CC)Oc1ccc(C(C)CC)cc1. The molecule has 0 amide bonds. The first-order valence-corrected chi connectivity index (χ1v) is 7.68. The van der Waals surface area contributed by atoms with Gasteiger partial charge in [0.2, 0.25) is 0 Å². The van der Waals surface area contributed by atoms with Crippen molar-refractivity contribution in [3.63, 3.8) is 0 Å². The van der Waals surface area contributed by atoms with Gasteiger partial charge in [0.25, 0.3) is 0 Å². The Morgan fingerprint density at radius 2 is 1.74 bits per heavy atom. The van der Waals surface area contributed by atoms with E-state index >= 15 is 0 Å². The Hall–Kier alpha value is -1.02. The zero-order valence-electron chi connectivity index (χ0n) is 12.9. The number of hydrogen-bond donors (Lipinski definition) is 1. The highest BCUT2D eigenvalue weighted by Crippen LogP contribution is 2.22. The number of ether oxygens (including phenoxy) is 1. The lowest BCUT2D eigenvalue weighted by molar-refractivity contribution is 0.193. The van der Waals surface area contributed by atoms with Crippen LogP contribution < -0.4 is 10.1 Å². The van der Waals surface area contributed by atoms with Gasteiger partial charge >= 0.3 is 0 Å². The van der Waals surface area contributed by atoms with Gasteiger partial charge in [-0.3, -0.25) is 0 Å². The molecule has 0 aromatic heterocycles. The lowest BCUT2D eigenvalue weighted by atomic mass is 9.99. The molecule has 0 spiro atoms. The molecule has 0 aliphatic rings. The molecule has 1 N–H and O–H groups in total. The van der Waals surface area contributed by atoms with E-state index in [-0.39, 0.29) is 6.10 Å². The Balaban J connectivity index is 2.50. The summed E-state index contributed by atoms with van der Waals surface area (Å²) in [5, 5.41) is 3.42. The van der Waals surface area contributed by atoms with E-state index in [2.05, 4.69) is 57.3 Å². The minimum absolute atomic E-state index is 0.265. The standard InChI is InChI=1S/C17H29NO/c1-5-12-18-13-16(7-3)19-17-10-8-15(9-11-17)14(4)6-2/h8-11,14,16,18H,5-7,12-13H2,1-4H3. The molecule has 0 saturated heterocycles. The van der Waals surface area contributed by atoms with E-state index in [9.17, 15) is 0 Å². The summed E-state index contributed by atoms with van der Waals surface area (Å²) in [5.74, 6) is 1.61. The van der Waals surface area contributed by atoms with Crippen molar-refractivity contribution < 1.29 is 4.74 Å². The van der Waals surface area contributed by atoms with Crippen LogP contribution >= 0.6 is 0 Å². The highest BCUT2D eigenvalue weighted by Gasteiger charge is 2.08. The van der Waals surface area contributed by atoms with Gasteiger partial charge in [0.1, 0.15) is 11.9 Å². The van der Waals surface area contributed by atoms with Gasteiger partial charge in [-0.1, -0.05) is 39.8 Å². The van der Waals surface area contributed by atoms with Crippen molar-refractivity contribution in [1.82, 2.24) is 5.32 Å². The highest BCUT2D eigenvalue weighted by atomic mass is 16.5. The van der Waals surface area contributed by atoms with Crippen LogP contribution in [0.4, 0.5) is 0 Å². The number of rotatable bonds is 9. The Bertz CT molecular complexity index is 334. The molecule has 0 heterocycles. The van der Waals surface area contributed by atoms with Crippen molar-refractivity contribution in [2.24, 2.45) is 0 Å². The molecule has 2 atom stereocenters. The number of hydrogen-bond acceptors (Lipinski definition) is 2. The Labute approximate surface area is 118 Å². The maximum Gasteiger partial charge on any atom is 0.119 e. The average Bonchev–Trinajstić information content (AvgIpc) is 2.46. The van der Waals surface area contributed by atoms with Gasteiger partial charge in [0.05, 0.1) is 0 Å². The maximum atomic E-state index is 6.02. The summed E-state index contributed by atoms with van der Waals surface area (Å²) in [7, 11) is 0. The zero-order chi connectivity index (χ0) is 14.1. The molecule has 1 aromatic rings. The lowest BCUT2D eigenvalue weighted by Crippen LogP contribution is -2.31. The zero-order valence-corrected chi connectivity index (χ0v) is 12.9. The molecule has 19 heavy (non-hydrogen) atoms. The molecule has 0 aliphatic carbocycles. The van der Waals surface area contributed by atoms with Crippen LogP contribution in [-0.4, -0.2) is 19.2 Å². The Morgan fingerprint density at radius 1 is 1.05 bits per heavy atom. The third-order valence-corrected chi connectivity index (χ3v) is 3.62. The van der Waals surface area contributed by atoms with Gasteiger partial charge in [0.15, 0.2) is 0 Å². The molecule has 0 fully saturated rings. The predicted molar refractivity (Wildman–Crippen MR) is 83.0 cm³/mol. The summed E-state index contributed by atoms with van der Waals surface area (Å²) in [6, 6.07) is 8.58. The summed E-state index contributed by atoms with van der Waals surface area (Å²) in [6.45, 7) is 10.8. The van der Waals surface area contributed by atoms with Crippen molar-refractivity contribution in [2.45, 2.75) is 59.0 Å². The second-order valence-corrected chi connectivity index (χ2v) is 5.23. The van der Waals surface area contributed by atoms with Crippen LogP contribution in [0.2, 0.25) is 0 Å². The largest absolute Gasteiger partial charge is 0.489 e. The molecule has 2 unspecified atom stereocenters. The van der Waals surface area contributed by atoms with Crippen molar-refractivity contribution >= 4 is 0 Å². The minimum Gasteiger partial charge on any atom is -0.489 e. The van der Waals surface area contributed by atoms with E-state index in [4.69, 9.17) is 4.74 Å². The fourth-order valence-electron chi connectivity index (χ4n) is 2.01. The van der Waals surface area contributed by atoms with Crippen LogP contribution in [-0.2, 0) is 0 Å². The molecule has 1 aromatic carbocycles. The smallest absolute Gasteiger partial charge is 0.119 e. The molecule has 1 rings (SSSR count). The molecular formula is C17H29NO. The van der Waals surface area contributed by atoms with Crippen LogP contribution in [0.15, 0.2) is 24.3 Å². The first-order valence-electron chi connectivity index (χ1n) is 7.68. The van der Waals surface area contributed by atoms with Crippen LogP contribution in [0, 0.1) is 0 Å². The summed E-state index contributed by atoms with van der Waals surface area (Å²) < 4.78 is 6.02. The molecule has 0 saturated carbocycles. The number of nitrogens with one attached hydrogen (secondary N) is 1. The normalized spacial score (nSPS) is 14.1. The molecule has 2 heteroatoms. The van der Waals surface area contributed by atoms with Crippen LogP contribution in [0.3, 0.4) is 0 Å². The van der Waals surface area contributed by atoms with Crippen LogP contribution in [0.5, 0.6) is 5.75 Å². The van der Waals surface area contributed by atoms with Gasteiger partial charge in [-0.25, -0.2) is 0 Å². The third-order valence-electron chi connectivity index (χ3n) is 3.62. The first kappa shape index (κ1) is 16.0. The number of benzene rings is 1. The van der Waals surface area contributed by atoms with E-state index in [1.807, 2.05) is 0 Å². The summed E-state index contributed by atoms with van der Waals surface area (Å²) in [6.07, 6.45) is 3.64. The lowest BCUT2D eigenvalue weighted by Gasteiger charge is -2.18. The second-order valence-electron chi connectivity index (χ2n) is 5.23. The van der Waals surface area contributed by atoms with E-state index in [0.717, 1.165) is 25.3 Å². The minimum atomic E-state index is 0.265. The van der Waals surface area contributed by atoms with Crippen molar-refractivity contribution in [3.05, 3.63) is 29.8 Å². The monoisotopic (exact) mass is 263 g/mol. The van der Waals surface area contributed by atoms with Crippen molar-refractivity contribution in [3.8, 4) is 5.75 Å². The van der Waals surface area contributed by atoms with E-state index < -0.39 is 0 Å². The summed E-state index contributed by atoms with van der Waals surface area (Å²) in [4.78, 5) is 0. The third kappa shape index (κ3) is 5.65. The highest BCUT2D eigenvalue weighted by molar-refractivity contribution is 5.29. The molecule has 108 valence electrons. The Morgan fingerprint density at radius 3 is 2.26 bits per heavy atom. The van der Waals surface area contributed by atoms with E-state index in [1.165, 1.54) is 18.4 Å². The molecular weight excluding hydrogens is 234 g/mol. The van der Waals surface area contributed by atoms with Gasteiger partial charge in [0, 0.05) is 6.54 Å². The summed E-state index contributed by atoms with van der Waals surface area (Å²) >= 11 is 0. The van der Waals surface area contributed by atoms with Gasteiger partial charge in [-0.05, 0) is 49.4 Å². The fourth-order valence-corrected chi connectivity index (χ4v) is 2.01. The van der Waals surface area contributed by atoms with Crippen molar-refractivity contribution in [2.75, 3.05) is 13.1 Å². The average molecular weight is 263 g/mol. The molecule has 0 bridgehead atoms. The fraction of sp³-hybridized carbons (Fsp3) is 0.647. The molecule has 0 radical (unpaired) electrons. The Kier molecular flexibility index (Phi) is 7.57. The first-order chi connectivity index (χ1) is 9.21. The van der Waals surface area contributed by atoms with Gasteiger partial charge < -0.3 is 10.1 Å². The molecule has 2 nitrogen and oxygen atoms in total. The van der Waals surface area contributed by atoms with Crippen LogP contribution in [0.1, 0.15) is 58.4 Å². The second kappa shape index (κ2) is 8.98. The quantitative estimate of drug-likeness (QED) is 0.668. The van der Waals surface area contributed by atoms with E-state index in [0.29, 0.717) is 5.92 Å². The topological polar surface area (TPSA) is 21.3 Å². The van der Waals surface area contributed by atoms with E-state index in [1.54, 1.807) is 0 Å². The van der Waals surface area contributed by atoms with Crippen molar-refractivity contribution in [1.29, 1.82) is 0 Å². The maximum absolute atomic E-state index is 6.02. The van der Waals surface area contributed by atoms with Crippen LogP contribution in [0.25, 0.3) is 0 Å². The summed E-state index contributed by atoms with van der Waals surface area (Å²) in [5.41, 5.74) is 1.40. The predicted octanol–water partition coefficient (Wildman–Crippen LogP) is 4.36. The molecule has 0 aliphatic heterocycles. The van der Waals surface area contributed by atoms with Gasteiger partial charge in [-0.15, -0.1) is 0 Å². The van der Waals surface area contributed by atoms with Gasteiger partial charge in [-0.2, -0.15) is 0 Å².